The minimum atomic E-state index is -1.13. The second-order valence-corrected chi connectivity index (χ2v) is 17.0. The summed E-state index contributed by atoms with van der Waals surface area (Å²) < 4.78 is 14.6. The van der Waals surface area contributed by atoms with Gasteiger partial charge in [-0.15, -0.1) is 0 Å². The van der Waals surface area contributed by atoms with Crippen LogP contribution in [0.1, 0.15) is 88.2 Å². The number of hydrogen-bond acceptors (Lipinski definition) is 17. The van der Waals surface area contributed by atoms with Crippen LogP contribution in [0.2, 0.25) is 0 Å². The normalized spacial score (nSPS) is 12.0. The molecular weight excluding hydrogens is 889 g/mol. The number of hydrogen-bond donors (Lipinski definition) is 8. The zero-order chi connectivity index (χ0) is 50.3. The number of amides is 3. The molecule has 4 aromatic heterocycles. The number of ether oxygens (including phenoxy) is 3. The van der Waals surface area contributed by atoms with Gasteiger partial charge in [0.05, 0.1) is 78.1 Å². The Morgan fingerprint density at radius 1 is 0.652 bits per heavy atom. The lowest BCUT2D eigenvalue weighted by Gasteiger charge is -2.22. The van der Waals surface area contributed by atoms with Crippen molar-refractivity contribution in [1.29, 1.82) is 0 Å². The van der Waals surface area contributed by atoms with Crippen molar-refractivity contribution in [3.63, 3.8) is 0 Å². The Labute approximate surface area is 399 Å². The minimum Gasteiger partial charge on any atom is -0.467 e. The van der Waals surface area contributed by atoms with E-state index in [0.717, 1.165) is 47.5 Å². The van der Waals surface area contributed by atoms with Crippen LogP contribution in [0, 0.1) is 27.7 Å². The molecule has 2 aromatic carbocycles. The lowest BCUT2D eigenvalue weighted by Crippen LogP contribution is -2.50. The Bertz CT molecular complexity index is 2700. The summed E-state index contributed by atoms with van der Waals surface area (Å²) in [7, 11) is 2.44. The average Bonchev–Trinajstić information content (AvgIpc) is 4.00. The van der Waals surface area contributed by atoms with E-state index in [1.165, 1.54) is 25.3 Å². The Balaban J connectivity index is 0.000000263. The van der Waals surface area contributed by atoms with Crippen LogP contribution in [0.25, 0.3) is 21.8 Å². The molecule has 69 heavy (non-hydrogen) atoms. The number of rotatable bonds is 19. The van der Waals surface area contributed by atoms with E-state index in [-0.39, 0.29) is 18.7 Å². The molecule has 0 aliphatic rings. The molecule has 3 amide bonds. The molecule has 0 saturated carbocycles. The fraction of sp³-hybridized carbons (Fsp3) is 0.426. The standard InChI is InChI=1S/C26H35N7O5.C21H27N7O3/c1-15-21(22(34)32-20(23(35)37-6)14-28-25(36)38-26(3,4)5)16(2)31-24(30-15)27-12-8-10-17-9-7-11-19-18(17)13-29-33-19;1-12-18(19(29)27-17(10-22)20(30)31-3)13(2)26-21(25-12)23-9-5-7-14-6-4-8-16-15(14)11-24-28-16/h7,9,11,13,20H,8,10,12,14H2,1-6H3,(H,28,36)(H,29,33)(H,32,34)(H,27,30,31);4,6,8,11,17H,5,7,9-10,22H2,1-3H3,(H,24,28)(H,27,29)(H,23,25,26)/t20-;17-/m00/s1. The molecular formula is C47H62N14O8. The van der Waals surface area contributed by atoms with E-state index < -0.39 is 47.5 Å². The first-order chi connectivity index (χ1) is 32.9. The van der Waals surface area contributed by atoms with Gasteiger partial charge in [-0.05, 0) is 97.4 Å². The number of aromatic nitrogens is 8. The van der Waals surface area contributed by atoms with Crippen molar-refractivity contribution in [2.24, 2.45) is 5.73 Å². The summed E-state index contributed by atoms with van der Waals surface area (Å²) in [5.74, 6) is -1.46. The smallest absolute Gasteiger partial charge is 0.407 e. The molecule has 9 N–H and O–H groups in total. The number of nitrogens with two attached hydrogens (primary N) is 1. The number of alkyl carbamates (subject to hydrolysis) is 1. The van der Waals surface area contributed by atoms with Crippen molar-refractivity contribution in [3.05, 3.63) is 93.8 Å². The Morgan fingerprint density at radius 3 is 1.48 bits per heavy atom. The zero-order valence-corrected chi connectivity index (χ0v) is 40.5. The van der Waals surface area contributed by atoms with Gasteiger partial charge in [0.15, 0.2) is 0 Å². The molecule has 22 nitrogen and oxygen atoms in total. The highest BCUT2D eigenvalue weighted by molar-refractivity contribution is 5.99. The predicted octanol–water partition coefficient (Wildman–Crippen LogP) is 4.06. The topological polar surface area (TPSA) is 308 Å². The quantitative estimate of drug-likeness (QED) is 0.0323. The number of aryl methyl sites for hydroxylation is 6. The maximum Gasteiger partial charge on any atom is 0.407 e. The number of benzene rings is 2. The number of fused-ring (bicyclic) bond motifs is 2. The molecule has 0 unspecified atom stereocenters. The Kier molecular flexibility index (Phi) is 18.4. The first kappa shape index (κ1) is 52.2. The van der Waals surface area contributed by atoms with Crippen molar-refractivity contribution in [1.82, 2.24) is 56.3 Å². The van der Waals surface area contributed by atoms with Gasteiger partial charge >= 0.3 is 18.0 Å². The van der Waals surface area contributed by atoms with Crippen LogP contribution in [-0.4, -0.2) is 128 Å². The van der Waals surface area contributed by atoms with E-state index in [9.17, 15) is 24.0 Å². The van der Waals surface area contributed by atoms with Crippen LogP contribution in [0.3, 0.4) is 0 Å². The van der Waals surface area contributed by atoms with Gasteiger partial charge in [-0.1, -0.05) is 24.3 Å². The van der Waals surface area contributed by atoms with Gasteiger partial charge in [0.1, 0.15) is 17.7 Å². The predicted molar refractivity (Wildman–Crippen MR) is 259 cm³/mol. The third kappa shape index (κ3) is 14.6. The zero-order valence-electron chi connectivity index (χ0n) is 40.5. The average molecular weight is 951 g/mol. The molecule has 0 bridgehead atoms. The first-order valence-corrected chi connectivity index (χ1v) is 22.4. The Morgan fingerprint density at radius 2 is 1.07 bits per heavy atom. The largest absolute Gasteiger partial charge is 0.467 e. The van der Waals surface area contributed by atoms with Gasteiger partial charge in [0.2, 0.25) is 11.9 Å². The fourth-order valence-corrected chi connectivity index (χ4v) is 7.35. The molecule has 4 heterocycles. The van der Waals surface area contributed by atoms with Gasteiger partial charge in [-0.3, -0.25) is 19.8 Å². The van der Waals surface area contributed by atoms with Crippen LogP contribution < -0.4 is 32.3 Å². The Hall–Kier alpha value is -7.75. The molecule has 0 radical (unpaired) electrons. The van der Waals surface area contributed by atoms with Crippen LogP contribution in [0.15, 0.2) is 48.8 Å². The number of methoxy groups -OCH3 is 2. The van der Waals surface area contributed by atoms with Gasteiger partial charge in [0, 0.05) is 30.4 Å². The summed E-state index contributed by atoms with van der Waals surface area (Å²) in [5, 5.41) is 30.4. The minimum absolute atomic E-state index is 0.0659. The fourth-order valence-electron chi connectivity index (χ4n) is 7.35. The highest BCUT2D eigenvalue weighted by Gasteiger charge is 2.27. The van der Waals surface area contributed by atoms with E-state index >= 15 is 0 Å². The van der Waals surface area contributed by atoms with Crippen LogP contribution in [0.4, 0.5) is 16.7 Å². The van der Waals surface area contributed by atoms with E-state index in [0.29, 0.717) is 53.3 Å². The molecule has 6 aromatic rings. The van der Waals surface area contributed by atoms with Crippen LogP contribution >= 0.6 is 0 Å². The third-order valence-electron chi connectivity index (χ3n) is 10.6. The van der Waals surface area contributed by atoms with Crippen molar-refractivity contribution in [2.45, 2.75) is 91.8 Å². The molecule has 0 spiro atoms. The summed E-state index contributed by atoms with van der Waals surface area (Å²) in [6, 6.07) is 10.1. The van der Waals surface area contributed by atoms with Crippen molar-refractivity contribution in [3.8, 4) is 0 Å². The van der Waals surface area contributed by atoms with Gasteiger partial charge in [-0.25, -0.2) is 34.3 Å². The maximum absolute atomic E-state index is 13.0. The molecule has 0 saturated heterocycles. The van der Waals surface area contributed by atoms with Crippen LogP contribution in [0.5, 0.6) is 0 Å². The number of carbonyl (C=O) groups excluding carboxylic acids is 5. The second-order valence-electron chi connectivity index (χ2n) is 17.0. The SMILES string of the molecule is COC(=O)[C@H](CN)NC(=O)c1c(C)nc(NCCCc2cccc3[nH]ncc23)nc1C.COC(=O)[C@H](CNC(=O)OC(C)(C)C)NC(=O)c1c(C)nc(NCCCc2cccc3[nH]ncc23)nc1C. The summed E-state index contributed by atoms with van der Waals surface area (Å²) >= 11 is 0. The first-order valence-electron chi connectivity index (χ1n) is 22.4. The third-order valence-corrected chi connectivity index (χ3v) is 10.6. The highest BCUT2D eigenvalue weighted by atomic mass is 16.6. The number of H-pyrrole nitrogens is 2. The van der Waals surface area contributed by atoms with E-state index in [1.54, 1.807) is 48.5 Å². The number of anilines is 2. The monoisotopic (exact) mass is 950 g/mol. The number of aromatic amines is 2. The van der Waals surface area contributed by atoms with Crippen molar-refractivity contribution >= 4 is 63.5 Å². The summed E-state index contributed by atoms with van der Waals surface area (Å²) in [5.41, 5.74) is 11.8. The molecule has 22 heteroatoms. The van der Waals surface area contributed by atoms with Crippen LogP contribution in [-0.2, 0) is 36.6 Å². The summed E-state index contributed by atoms with van der Waals surface area (Å²) in [6.45, 7) is 13.0. The molecule has 0 aliphatic heterocycles. The molecule has 2 atom stereocenters. The number of nitrogens with one attached hydrogen (secondary N) is 7. The summed E-state index contributed by atoms with van der Waals surface area (Å²) in [4.78, 5) is 79.2. The van der Waals surface area contributed by atoms with Gasteiger partial charge < -0.3 is 46.5 Å². The van der Waals surface area contributed by atoms with E-state index in [2.05, 4.69) is 83.8 Å². The van der Waals surface area contributed by atoms with E-state index in [1.807, 2.05) is 36.7 Å². The van der Waals surface area contributed by atoms with E-state index in [4.69, 9.17) is 15.2 Å². The number of nitrogens with zero attached hydrogens (tertiary/aromatic N) is 6. The highest BCUT2D eigenvalue weighted by Crippen LogP contribution is 2.20. The lowest BCUT2D eigenvalue weighted by molar-refractivity contribution is -0.143. The second kappa shape index (κ2) is 24.3. The molecule has 0 aliphatic carbocycles. The molecule has 6 rings (SSSR count). The van der Waals surface area contributed by atoms with Gasteiger partial charge in [0.25, 0.3) is 11.8 Å². The molecule has 0 fully saturated rings. The van der Waals surface area contributed by atoms with Crippen molar-refractivity contribution in [2.75, 3.05) is 51.0 Å². The number of carbonyl (C=O) groups is 5. The molecule has 368 valence electrons. The lowest BCUT2D eigenvalue weighted by atomic mass is 10.1. The maximum atomic E-state index is 13.0. The van der Waals surface area contributed by atoms with Gasteiger partial charge in [-0.2, -0.15) is 10.2 Å². The van der Waals surface area contributed by atoms with Crippen molar-refractivity contribution < 1.29 is 38.2 Å². The summed E-state index contributed by atoms with van der Waals surface area (Å²) in [6.07, 6.45) is 6.42. The number of esters is 2.